The molecule has 0 saturated heterocycles. The fraction of sp³-hybridized carbons (Fsp3) is 0.667. The Hall–Kier alpha value is 1.53. The first-order chi connectivity index (χ1) is 3.18. The Bertz CT molecular complexity index is 70.6. The van der Waals surface area contributed by atoms with Crippen molar-refractivity contribution in [1.29, 1.82) is 0 Å². The maximum Gasteiger partial charge on any atom is 0.102 e. The molecule has 0 spiro atoms. The molecule has 0 heterocycles. The minimum Gasteiger partial charge on any atom is -0.0870 e. The molecule has 4 heteroatoms. The second-order valence-electron chi connectivity index (χ2n) is 0.901. The largest absolute Gasteiger partial charge is 0.102 e. The second kappa shape index (κ2) is 4.41. The molecule has 0 bridgehead atoms. The number of halogens is 3. The van der Waals surface area contributed by atoms with Crippen LogP contribution in [0.25, 0.3) is 0 Å². The van der Waals surface area contributed by atoms with Gasteiger partial charge in [-0.05, 0) is 0 Å². The summed E-state index contributed by atoms with van der Waals surface area (Å²) in [6, 6.07) is 0. The van der Waals surface area contributed by atoms with E-state index in [1.54, 1.807) is 0 Å². The van der Waals surface area contributed by atoms with Crippen molar-refractivity contribution >= 4 is 64.9 Å². The predicted octanol–water partition coefficient (Wildman–Crippen LogP) is 2.87. The summed E-state index contributed by atoms with van der Waals surface area (Å²) in [6.45, 7) is 0. The first kappa shape index (κ1) is 8.53. The van der Waals surface area contributed by atoms with Crippen molar-refractivity contribution in [3.8, 4) is 0 Å². The summed E-state index contributed by atoms with van der Waals surface area (Å²) >= 11 is 14.5. The SMILES string of the molecule is S=C(CBr)C(Br)Br. The fourth-order valence-electron chi connectivity index (χ4n) is 0.0583. The van der Waals surface area contributed by atoms with E-state index in [4.69, 9.17) is 12.2 Å². The van der Waals surface area contributed by atoms with E-state index in [1.165, 1.54) is 0 Å². The fourth-order valence-corrected chi connectivity index (χ4v) is 1.57. The van der Waals surface area contributed by atoms with Crippen LogP contribution in [0.2, 0.25) is 0 Å². The second-order valence-corrected chi connectivity index (χ2v) is 5.05. The lowest BCUT2D eigenvalue weighted by Gasteiger charge is -1.95. The van der Waals surface area contributed by atoms with Crippen molar-refractivity contribution in [2.45, 2.75) is 3.74 Å². The van der Waals surface area contributed by atoms with Gasteiger partial charge in [0.15, 0.2) is 0 Å². The topological polar surface area (TPSA) is 0 Å². The summed E-state index contributed by atoms with van der Waals surface area (Å²) in [5.74, 6) is 0. The van der Waals surface area contributed by atoms with Gasteiger partial charge in [0.2, 0.25) is 0 Å². The number of rotatable bonds is 2. The highest BCUT2D eigenvalue weighted by atomic mass is 79.9. The summed E-state index contributed by atoms with van der Waals surface area (Å²) in [4.78, 5) is 0.931. The maximum atomic E-state index is 4.84. The molecular formula is C3H3Br3S. The molecule has 0 aliphatic rings. The molecule has 0 aliphatic carbocycles. The average molecular weight is 311 g/mol. The highest BCUT2D eigenvalue weighted by molar-refractivity contribution is 9.25. The van der Waals surface area contributed by atoms with Crippen molar-refractivity contribution in [3.05, 3.63) is 0 Å². The molecule has 7 heavy (non-hydrogen) atoms. The van der Waals surface area contributed by atoms with Crippen molar-refractivity contribution in [2.24, 2.45) is 0 Å². The van der Waals surface area contributed by atoms with E-state index in [1.807, 2.05) is 0 Å². The minimum absolute atomic E-state index is 0.175. The number of hydrogen-bond donors (Lipinski definition) is 0. The van der Waals surface area contributed by atoms with Crippen LogP contribution < -0.4 is 0 Å². The van der Waals surface area contributed by atoms with Gasteiger partial charge in [-0.25, -0.2) is 0 Å². The van der Waals surface area contributed by atoms with E-state index >= 15 is 0 Å². The standard InChI is InChI=1S/C3H3Br3S/c4-1-2(7)3(5)6/h3H,1H2. The summed E-state index contributed by atoms with van der Waals surface area (Å²) in [7, 11) is 0. The van der Waals surface area contributed by atoms with Crippen molar-refractivity contribution < 1.29 is 0 Å². The molecular weight excluding hydrogens is 308 g/mol. The number of hydrogen-bond acceptors (Lipinski definition) is 1. The Morgan fingerprint density at radius 3 is 2.00 bits per heavy atom. The van der Waals surface area contributed by atoms with Gasteiger partial charge in [0.25, 0.3) is 0 Å². The summed E-state index contributed by atoms with van der Waals surface area (Å²) in [5.41, 5.74) is 0. The van der Waals surface area contributed by atoms with Crippen LogP contribution in [-0.2, 0) is 0 Å². The Labute approximate surface area is 73.4 Å². The Morgan fingerprint density at radius 1 is 1.57 bits per heavy atom. The van der Waals surface area contributed by atoms with E-state index in [0.717, 1.165) is 10.2 Å². The molecule has 0 unspecified atom stereocenters. The zero-order valence-corrected chi connectivity index (χ0v) is 8.90. The molecule has 0 amide bonds. The van der Waals surface area contributed by atoms with Crippen LogP contribution in [0.4, 0.5) is 0 Å². The van der Waals surface area contributed by atoms with Gasteiger partial charge in [0, 0.05) is 10.2 Å². The van der Waals surface area contributed by atoms with Gasteiger partial charge in [-0.3, -0.25) is 0 Å². The van der Waals surface area contributed by atoms with Crippen LogP contribution in [-0.4, -0.2) is 13.9 Å². The van der Waals surface area contributed by atoms with Gasteiger partial charge in [-0.2, -0.15) is 0 Å². The van der Waals surface area contributed by atoms with E-state index in [-0.39, 0.29) is 3.74 Å². The predicted molar refractivity (Wildman–Crippen MR) is 48.0 cm³/mol. The average Bonchev–Trinajstić information content (AvgIpc) is 1.65. The van der Waals surface area contributed by atoms with Gasteiger partial charge in [0.05, 0.1) is 0 Å². The Morgan fingerprint density at radius 2 is 2.00 bits per heavy atom. The molecule has 0 nitrogen and oxygen atoms in total. The lowest BCUT2D eigenvalue weighted by Crippen LogP contribution is -2.03. The molecule has 0 radical (unpaired) electrons. The molecule has 0 N–H and O–H groups in total. The quantitative estimate of drug-likeness (QED) is 0.558. The van der Waals surface area contributed by atoms with Gasteiger partial charge >= 0.3 is 0 Å². The van der Waals surface area contributed by atoms with E-state index in [0.29, 0.717) is 0 Å². The first-order valence-corrected chi connectivity index (χ1v) is 4.91. The Balaban J connectivity index is 3.35. The van der Waals surface area contributed by atoms with Gasteiger partial charge in [-0.15, -0.1) is 0 Å². The molecule has 42 valence electrons. The number of alkyl halides is 3. The zero-order valence-electron chi connectivity index (χ0n) is 3.33. The van der Waals surface area contributed by atoms with E-state index < -0.39 is 0 Å². The lowest BCUT2D eigenvalue weighted by molar-refractivity contribution is 1.87. The molecule has 0 aromatic heterocycles. The summed E-state index contributed by atoms with van der Waals surface area (Å²) in [5, 5.41) is 0.767. The third kappa shape index (κ3) is 4.06. The van der Waals surface area contributed by atoms with Crippen LogP contribution in [0.15, 0.2) is 0 Å². The monoisotopic (exact) mass is 308 g/mol. The third-order valence-electron chi connectivity index (χ3n) is 0.375. The van der Waals surface area contributed by atoms with E-state index in [2.05, 4.69) is 47.8 Å². The number of thiocarbonyl (C=S) groups is 1. The molecule has 0 rings (SSSR count). The van der Waals surface area contributed by atoms with Crippen molar-refractivity contribution in [3.63, 3.8) is 0 Å². The Kier molecular flexibility index (Phi) is 5.38. The summed E-state index contributed by atoms with van der Waals surface area (Å²) in [6.07, 6.45) is 0. The third-order valence-corrected chi connectivity index (χ3v) is 3.44. The highest BCUT2D eigenvalue weighted by Crippen LogP contribution is 2.11. The van der Waals surface area contributed by atoms with Crippen molar-refractivity contribution in [2.75, 3.05) is 5.33 Å². The van der Waals surface area contributed by atoms with Gasteiger partial charge in [-0.1, -0.05) is 60.0 Å². The van der Waals surface area contributed by atoms with Gasteiger partial charge in [0.1, 0.15) is 3.74 Å². The van der Waals surface area contributed by atoms with Crippen LogP contribution in [0, 0.1) is 0 Å². The van der Waals surface area contributed by atoms with Crippen LogP contribution in [0.3, 0.4) is 0 Å². The molecule has 0 fully saturated rings. The highest BCUT2D eigenvalue weighted by Gasteiger charge is 2.01. The normalized spacial score (nSPS) is 9.71. The first-order valence-electron chi connectivity index (χ1n) is 1.55. The van der Waals surface area contributed by atoms with Crippen LogP contribution in [0.1, 0.15) is 0 Å². The van der Waals surface area contributed by atoms with Crippen LogP contribution >= 0.6 is 60.0 Å². The van der Waals surface area contributed by atoms with Crippen LogP contribution in [0.5, 0.6) is 0 Å². The zero-order chi connectivity index (χ0) is 5.86. The summed E-state index contributed by atoms with van der Waals surface area (Å²) < 4.78 is 0.175. The maximum absolute atomic E-state index is 4.84. The minimum atomic E-state index is 0.175. The molecule has 0 aromatic carbocycles. The van der Waals surface area contributed by atoms with Gasteiger partial charge < -0.3 is 0 Å². The van der Waals surface area contributed by atoms with Crippen molar-refractivity contribution in [1.82, 2.24) is 0 Å². The van der Waals surface area contributed by atoms with E-state index in [9.17, 15) is 0 Å². The lowest BCUT2D eigenvalue weighted by atomic mass is 10.6. The molecule has 0 atom stereocenters. The smallest absolute Gasteiger partial charge is 0.0870 e. The molecule has 0 aliphatic heterocycles. The molecule has 0 saturated carbocycles. The molecule has 0 aromatic rings.